The second-order valence-corrected chi connectivity index (χ2v) is 7.57. The first kappa shape index (κ1) is 20.5. The molecular weight excluding hydrogens is 384 g/mol. The van der Waals surface area contributed by atoms with Gasteiger partial charge in [0.15, 0.2) is 11.5 Å². The van der Waals surface area contributed by atoms with Crippen LogP contribution in [0.1, 0.15) is 48.8 Å². The van der Waals surface area contributed by atoms with Crippen molar-refractivity contribution >= 4 is 5.71 Å². The summed E-state index contributed by atoms with van der Waals surface area (Å²) in [5.74, 6) is 2.62. The van der Waals surface area contributed by atoms with E-state index in [1.807, 2.05) is 19.1 Å². The SMILES string of the molecule is CCOc1cc2c(cc1OC)C(c1cnc(OC)cc1OC)=NC1CCC(O)C[C@H]21. The average molecular weight is 412 g/mol. The minimum atomic E-state index is -0.314. The summed E-state index contributed by atoms with van der Waals surface area (Å²) in [4.78, 5) is 9.49. The van der Waals surface area contributed by atoms with E-state index in [1.54, 1.807) is 33.6 Å². The van der Waals surface area contributed by atoms with Gasteiger partial charge < -0.3 is 24.1 Å². The van der Waals surface area contributed by atoms with Gasteiger partial charge in [-0.2, -0.15) is 0 Å². The minimum absolute atomic E-state index is 0.0885. The fourth-order valence-electron chi connectivity index (χ4n) is 4.46. The highest BCUT2D eigenvalue weighted by molar-refractivity contribution is 6.16. The number of pyridine rings is 1. The molecule has 2 unspecified atom stereocenters. The Morgan fingerprint density at radius 2 is 1.77 bits per heavy atom. The number of aliphatic hydroxyl groups is 1. The molecule has 1 N–H and O–H groups in total. The molecule has 2 heterocycles. The molecule has 0 saturated heterocycles. The molecule has 0 spiro atoms. The van der Waals surface area contributed by atoms with Gasteiger partial charge in [0, 0.05) is 23.7 Å². The molecular formula is C23H28N2O5. The molecule has 2 aromatic rings. The first-order valence-corrected chi connectivity index (χ1v) is 10.3. The summed E-state index contributed by atoms with van der Waals surface area (Å²) in [7, 11) is 4.83. The van der Waals surface area contributed by atoms with Crippen LogP contribution in [0.25, 0.3) is 0 Å². The van der Waals surface area contributed by atoms with Gasteiger partial charge in [-0.05, 0) is 43.9 Å². The van der Waals surface area contributed by atoms with Crippen molar-refractivity contribution in [3.05, 3.63) is 41.1 Å². The van der Waals surface area contributed by atoms with Crippen LogP contribution in [-0.4, -0.2) is 55.9 Å². The Labute approximate surface area is 176 Å². The van der Waals surface area contributed by atoms with Crippen molar-refractivity contribution in [2.24, 2.45) is 4.99 Å². The highest BCUT2D eigenvalue weighted by atomic mass is 16.5. The van der Waals surface area contributed by atoms with Crippen LogP contribution >= 0.6 is 0 Å². The number of methoxy groups -OCH3 is 3. The smallest absolute Gasteiger partial charge is 0.216 e. The van der Waals surface area contributed by atoms with Crippen LogP contribution < -0.4 is 18.9 Å². The lowest BCUT2D eigenvalue weighted by atomic mass is 9.74. The van der Waals surface area contributed by atoms with Crippen molar-refractivity contribution in [3.63, 3.8) is 0 Å². The van der Waals surface area contributed by atoms with E-state index in [9.17, 15) is 5.11 Å². The quantitative estimate of drug-likeness (QED) is 0.784. The van der Waals surface area contributed by atoms with Crippen LogP contribution in [0, 0.1) is 0 Å². The van der Waals surface area contributed by atoms with Crippen molar-refractivity contribution in [2.45, 2.75) is 44.2 Å². The van der Waals surface area contributed by atoms with Gasteiger partial charge in [-0.15, -0.1) is 0 Å². The molecule has 1 aromatic carbocycles. The van der Waals surface area contributed by atoms with Crippen molar-refractivity contribution in [1.29, 1.82) is 0 Å². The monoisotopic (exact) mass is 412 g/mol. The number of aliphatic hydroxyl groups excluding tert-OH is 1. The summed E-state index contributed by atoms with van der Waals surface area (Å²) in [5, 5.41) is 10.3. The third kappa shape index (κ3) is 3.58. The van der Waals surface area contributed by atoms with Crippen LogP contribution in [-0.2, 0) is 0 Å². The first-order valence-electron chi connectivity index (χ1n) is 10.3. The van der Waals surface area contributed by atoms with E-state index in [-0.39, 0.29) is 18.1 Å². The number of rotatable bonds is 6. The van der Waals surface area contributed by atoms with E-state index in [1.165, 1.54) is 0 Å². The molecule has 0 amide bonds. The summed E-state index contributed by atoms with van der Waals surface area (Å²) < 4.78 is 22.3. The number of hydrogen-bond acceptors (Lipinski definition) is 7. The maximum Gasteiger partial charge on any atom is 0.216 e. The lowest BCUT2D eigenvalue weighted by Crippen LogP contribution is -2.34. The van der Waals surface area contributed by atoms with Gasteiger partial charge in [-0.3, -0.25) is 4.99 Å². The zero-order valence-corrected chi connectivity index (χ0v) is 17.8. The van der Waals surface area contributed by atoms with Crippen LogP contribution in [0.3, 0.4) is 0 Å². The average Bonchev–Trinajstić information content (AvgIpc) is 2.78. The van der Waals surface area contributed by atoms with Gasteiger partial charge >= 0.3 is 0 Å². The van der Waals surface area contributed by atoms with E-state index in [0.29, 0.717) is 36.2 Å². The molecule has 0 bridgehead atoms. The van der Waals surface area contributed by atoms with E-state index >= 15 is 0 Å². The molecule has 0 radical (unpaired) electrons. The van der Waals surface area contributed by atoms with Gasteiger partial charge in [0.2, 0.25) is 5.88 Å². The molecule has 7 nitrogen and oxygen atoms in total. The molecule has 1 saturated carbocycles. The molecule has 1 aliphatic heterocycles. The van der Waals surface area contributed by atoms with Crippen molar-refractivity contribution in [2.75, 3.05) is 27.9 Å². The molecule has 1 fully saturated rings. The molecule has 30 heavy (non-hydrogen) atoms. The lowest BCUT2D eigenvalue weighted by molar-refractivity contribution is 0.111. The third-order valence-corrected chi connectivity index (χ3v) is 5.90. The number of hydrogen-bond donors (Lipinski definition) is 1. The number of benzene rings is 1. The van der Waals surface area contributed by atoms with E-state index in [0.717, 1.165) is 35.2 Å². The number of aromatic nitrogens is 1. The Morgan fingerprint density at radius 3 is 2.47 bits per heavy atom. The molecule has 7 heteroatoms. The van der Waals surface area contributed by atoms with Crippen LogP contribution in [0.2, 0.25) is 0 Å². The van der Waals surface area contributed by atoms with Crippen LogP contribution in [0.5, 0.6) is 23.1 Å². The predicted octanol–water partition coefficient (Wildman–Crippen LogP) is 3.35. The maximum atomic E-state index is 10.3. The van der Waals surface area contributed by atoms with Gasteiger partial charge in [-0.25, -0.2) is 4.98 Å². The molecule has 3 atom stereocenters. The Bertz CT molecular complexity index is 959. The van der Waals surface area contributed by atoms with Gasteiger partial charge in [0.25, 0.3) is 0 Å². The van der Waals surface area contributed by atoms with Crippen molar-refractivity contribution in [3.8, 4) is 23.1 Å². The maximum absolute atomic E-state index is 10.3. The Balaban J connectivity index is 1.91. The zero-order valence-electron chi connectivity index (χ0n) is 17.8. The standard InChI is InChI=1S/C23H28N2O5/c1-5-30-21-9-14-15-8-13(26)6-7-18(15)25-23(16(14)10-20(21)28-3)17-12-24-22(29-4)11-19(17)27-2/h9-13,15,18,26H,5-8H2,1-4H3/t13?,15-,18?/m1/s1. The first-order chi connectivity index (χ1) is 14.6. The molecule has 4 rings (SSSR count). The second-order valence-electron chi connectivity index (χ2n) is 7.57. The fraction of sp³-hybridized carbons (Fsp3) is 0.478. The summed E-state index contributed by atoms with van der Waals surface area (Å²) in [5.41, 5.74) is 3.69. The Kier molecular flexibility index (Phi) is 5.81. The molecule has 160 valence electrons. The summed E-state index contributed by atoms with van der Waals surface area (Å²) >= 11 is 0. The van der Waals surface area contributed by atoms with Gasteiger partial charge in [0.05, 0.1) is 51.4 Å². The Hall–Kier alpha value is -2.80. The molecule has 1 aromatic heterocycles. The van der Waals surface area contributed by atoms with E-state index in [2.05, 4.69) is 4.98 Å². The number of aliphatic imine (C=N–C) groups is 1. The van der Waals surface area contributed by atoms with Crippen molar-refractivity contribution in [1.82, 2.24) is 4.98 Å². The Morgan fingerprint density at radius 1 is 0.967 bits per heavy atom. The number of ether oxygens (including phenoxy) is 4. The van der Waals surface area contributed by atoms with Crippen LogP contribution in [0.4, 0.5) is 0 Å². The summed E-state index contributed by atoms with van der Waals surface area (Å²) in [6.07, 6.45) is 3.69. The van der Waals surface area contributed by atoms with Crippen LogP contribution in [0.15, 0.2) is 29.4 Å². The van der Waals surface area contributed by atoms with E-state index in [4.69, 9.17) is 23.9 Å². The van der Waals surface area contributed by atoms with E-state index < -0.39 is 0 Å². The highest BCUT2D eigenvalue weighted by Gasteiger charge is 2.38. The summed E-state index contributed by atoms with van der Waals surface area (Å²) in [6, 6.07) is 5.87. The summed E-state index contributed by atoms with van der Waals surface area (Å²) in [6.45, 7) is 2.50. The second kappa shape index (κ2) is 8.52. The topological polar surface area (TPSA) is 82.4 Å². The molecule has 2 aliphatic rings. The zero-order chi connectivity index (χ0) is 21.3. The fourth-order valence-corrected chi connectivity index (χ4v) is 4.46. The normalized spacial score (nSPS) is 22.4. The highest BCUT2D eigenvalue weighted by Crippen LogP contribution is 2.45. The van der Waals surface area contributed by atoms with Gasteiger partial charge in [0.1, 0.15) is 5.75 Å². The minimum Gasteiger partial charge on any atom is -0.496 e. The lowest BCUT2D eigenvalue weighted by Gasteiger charge is -2.37. The van der Waals surface area contributed by atoms with Crippen molar-refractivity contribution < 1.29 is 24.1 Å². The predicted molar refractivity (Wildman–Crippen MR) is 114 cm³/mol. The largest absolute Gasteiger partial charge is 0.496 e. The molecule has 1 aliphatic carbocycles. The third-order valence-electron chi connectivity index (χ3n) is 5.90. The van der Waals surface area contributed by atoms with Gasteiger partial charge in [-0.1, -0.05) is 0 Å². The number of nitrogens with zero attached hydrogens (tertiary/aromatic N) is 2. The number of fused-ring (bicyclic) bond motifs is 3.